The number of likely N-dealkylation sites (tertiary alicyclic amines) is 2. The molecular formula is C40H65N2. The van der Waals surface area contributed by atoms with Crippen LogP contribution >= 0.6 is 0 Å². The van der Waals surface area contributed by atoms with Crippen LogP contribution in [0.5, 0.6) is 0 Å². The van der Waals surface area contributed by atoms with E-state index in [1.807, 2.05) is 0 Å². The molecule has 1 aromatic rings. The van der Waals surface area contributed by atoms with Crippen LogP contribution in [0.1, 0.15) is 138 Å². The highest BCUT2D eigenvalue weighted by molar-refractivity contribution is 5.73. The molecule has 235 valence electrons. The molecule has 0 spiro atoms. The lowest BCUT2D eigenvalue weighted by Crippen LogP contribution is -2.45. The first-order valence-electron chi connectivity index (χ1n) is 17.0. The molecular weight excluding hydrogens is 508 g/mol. The van der Waals surface area contributed by atoms with Crippen molar-refractivity contribution in [2.45, 2.75) is 136 Å². The van der Waals surface area contributed by atoms with Gasteiger partial charge in [-0.3, -0.25) is 0 Å². The van der Waals surface area contributed by atoms with Crippen molar-refractivity contribution in [3.8, 4) is 12.3 Å². The summed E-state index contributed by atoms with van der Waals surface area (Å²) in [6.45, 7) is 28.5. The molecule has 0 bridgehead atoms. The average Bonchev–Trinajstić information content (AvgIpc) is 3.25. The molecule has 2 heterocycles. The lowest BCUT2D eigenvalue weighted by molar-refractivity contribution is 0.112. The number of fused-ring (bicyclic) bond motifs is 1. The van der Waals surface area contributed by atoms with Gasteiger partial charge in [0.25, 0.3) is 0 Å². The fraction of sp³-hybridized carbons (Fsp3) is 0.650. The van der Waals surface area contributed by atoms with Gasteiger partial charge in [-0.1, -0.05) is 109 Å². The third kappa shape index (κ3) is 11.5. The van der Waals surface area contributed by atoms with Gasteiger partial charge in [0, 0.05) is 20.4 Å². The van der Waals surface area contributed by atoms with Crippen molar-refractivity contribution in [3.05, 3.63) is 65.3 Å². The number of rotatable bonds is 6. The monoisotopic (exact) mass is 574 g/mol. The fourth-order valence-electron chi connectivity index (χ4n) is 6.43. The van der Waals surface area contributed by atoms with Crippen LogP contribution in [0.25, 0.3) is 5.57 Å². The topological polar surface area (TPSA) is 6.48 Å². The largest absolute Gasteiger partial charge is 0.302 e. The number of hydrogen-bond acceptors (Lipinski definition) is 2. The molecule has 2 saturated heterocycles. The van der Waals surface area contributed by atoms with Gasteiger partial charge in [0.05, 0.1) is 0 Å². The first-order chi connectivity index (χ1) is 19.9. The highest BCUT2D eigenvalue weighted by Gasteiger charge is 2.37. The summed E-state index contributed by atoms with van der Waals surface area (Å²) in [5.74, 6) is 2.75. The lowest BCUT2D eigenvalue weighted by Gasteiger charge is -2.42. The van der Waals surface area contributed by atoms with Gasteiger partial charge in [-0.25, -0.2) is 0 Å². The molecule has 1 radical (unpaired) electrons. The van der Waals surface area contributed by atoms with E-state index in [-0.39, 0.29) is 12.3 Å². The van der Waals surface area contributed by atoms with Crippen LogP contribution in [0.2, 0.25) is 0 Å². The molecule has 0 saturated carbocycles. The maximum absolute atomic E-state index is 5.32. The van der Waals surface area contributed by atoms with E-state index in [0.29, 0.717) is 0 Å². The molecule has 2 aliphatic heterocycles. The first kappa shape index (κ1) is 36.1. The van der Waals surface area contributed by atoms with E-state index < -0.39 is 0 Å². The van der Waals surface area contributed by atoms with Crippen LogP contribution in [0.3, 0.4) is 0 Å². The van der Waals surface area contributed by atoms with E-state index in [1.165, 1.54) is 106 Å². The van der Waals surface area contributed by atoms with Crippen LogP contribution in [0, 0.1) is 12.3 Å². The minimum absolute atomic E-state index is 0. The Morgan fingerprint density at radius 1 is 0.952 bits per heavy atom. The zero-order chi connectivity index (χ0) is 31.2. The molecule has 2 heteroatoms. The molecule has 0 amide bonds. The summed E-state index contributed by atoms with van der Waals surface area (Å²) >= 11 is 0. The summed E-state index contributed by atoms with van der Waals surface area (Å²) in [6, 6.07) is 7.78. The van der Waals surface area contributed by atoms with Crippen molar-refractivity contribution >= 4 is 5.57 Å². The summed E-state index contributed by atoms with van der Waals surface area (Å²) in [5, 5.41) is 0. The van der Waals surface area contributed by atoms with Crippen molar-refractivity contribution in [1.82, 2.24) is 9.80 Å². The highest BCUT2D eigenvalue weighted by Crippen LogP contribution is 2.46. The van der Waals surface area contributed by atoms with Gasteiger partial charge in [-0.2, -0.15) is 0 Å². The normalized spacial score (nSPS) is 20.5. The Kier molecular flexibility index (Phi) is 15.4. The molecule has 2 fully saturated rings. The van der Waals surface area contributed by atoms with Crippen LogP contribution in [-0.4, -0.2) is 48.6 Å². The molecule has 1 aliphatic carbocycles. The molecule has 2 nitrogen and oxygen atoms in total. The van der Waals surface area contributed by atoms with E-state index in [4.69, 9.17) is 6.42 Å². The van der Waals surface area contributed by atoms with Crippen molar-refractivity contribution in [2.75, 3.05) is 32.7 Å². The van der Waals surface area contributed by atoms with Crippen LogP contribution in [0.15, 0.2) is 48.6 Å². The Morgan fingerprint density at radius 2 is 1.52 bits per heavy atom. The van der Waals surface area contributed by atoms with Gasteiger partial charge in [0.15, 0.2) is 0 Å². The molecule has 4 rings (SSSR count). The molecule has 0 atom stereocenters. The minimum Gasteiger partial charge on any atom is -0.302 e. The summed E-state index contributed by atoms with van der Waals surface area (Å²) in [5.41, 5.74) is 7.17. The second kappa shape index (κ2) is 17.9. The zero-order valence-corrected chi connectivity index (χ0v) is 28.8. The second-order valence-electron chi connectivity index (χ2n) is 14.3. The molecule has 1 aromatic carbocycles. The number of allylic oxidation sites excluding steroid dienone is 5. The van der Waals surface area contributed by atoms with E-state index in [0.717, 1.165) is 24.6 Å². The Labute approximate surface area is 263 Å². The summed E-state index contributed by atoms with van der Waals surface area (Å²) in [7, 11) is 0. The van der Waals surface area contributed by atoms with Crippen LogP contribution in [-0.2, 0) is 10.8 Å². The van der Waals surface area contributed by atoms with Gasteiger partial charge >= 0.3 is 0 Å². The van der Waals surface area contributed by atoms with Gasteiger partial charge in [0.2, 0.25) is 0 Å². The number of nitrogens with zero attached hydrogens (tertiary/aromatic N) is 2. The van der Waals surface area contributed by atoms with Crippen molar-refractivity contribution in [1.29, 1.82) is 0 Å². The molecule has 3 aliphatic rings. The Morgan fingerprint density at radius 3 is 2.07 bits per heavy atom. The van der Waals surface area contributed by atoms with Gasteiger partial charge in [-0.15, -0.1) is 12.3 Å². The molecule has 0 aromatic heterocycles. The molecule has 42 heavy (non-hydrogen) atoms. The Hall–Kier alpha value is -2.08. The van der Waals surface area contributed by atoms with Gasteiger partial charge in [-0.05, 0) is 112 Å². The predicted octanol–water partition coefficient (Wildman–Crippen LogP) is 10.5. The maximum Gasteiger partial charge on any atom is 0.0214 e. The average molecular weight is 574 g/mol. The SMILES string of the molecule is C#CCCN1CCC(N2CCCCCC2)CC1.C=C(/C=C\C=C(C)C)c1ccc2c(c1)C(C)(C)CCC2(C)C.CCC.[H]. The standard InChI is InChI=1S/C22H30.C15H26N2.C3H8.H/c1-16(2)9-8-10-17(3)18-11-12-19-20(15-18)22(6,7)14-13-21(19,4)5;1-2-3-10-16-13-8-15(9-14-16)17-11-6-4-5-7-12-17;1-3-2;/h8-12,15H,3,13-14H2,1-2,4-7H3;1,15H,3-14H2;3H2,1-2H3;/b10-8-;;;. The second-order valence-corrected chi connectivity index (χ2v) is 14.3. The number of terminal acetylenes is 1. The molecule has 0 N–H and O–H groups in total. The van der Waals surface area contributed by atoms with E-state index in [9.17, 15) is 0 Å². The Balaban J connectivity index is 0.000000395. The molecule has 0 unspecified atom stereocenters. The van der Waals surface area contributed by atoms with Crippen molar-refractivity contribution < 1.29 is 1.43 Å². The fourth-order valence-corrected chi connectivity index (χ4v) is 6.43. The van der Waals surface area contributed by atoms with Crippen molar-refractivity contribution in [2.24, 2.45) is 0 Å². The van der Waals surface area contributed by atoms with Gasteiger partial charge < -0.3 is 9.80 Å². The third-order valence-corrected chi connectivity index (χ3v) is 9.24. The third-order valence-electron chi connectivity index (χ3n) is 9.24. The summed E-state index contributed by atoms with van der Waals surface area (Å²) in [6.07, 6.45) is 24.7. The van der Waals surface area contributed by atoms with Gasteiger partial charge in [0.1, 0.15) is 0 Å². The van der Waals surface area contributed by atoms with Crippen LogP contribution < -0.4 is 0 Å². The van der Waals surface area contributed by atoms with E-state index in [1.54, 1.807) is 0 Å². The van der Waals surface area contributed by atoms with Crippen LogP contribution in [0.4, 0.5) is 0 Å². The summed E-state index contributed by atoms with van der Waals surface area (Å²) < 4.78 is 0. The summed E-state index contributed by atoms with van der Waals surface area (Å²) in [4.78, 5) is 5.29. The lowest BCUT2D eigenvalue weighted by atomic mass is 9.63. The Bertz CT molecular complexity index is 1050. The van der Waals surface area contributed by atoms with E-state index >= 15 is 0 Å². The highest BCUT2D eigenvalue weighted by atomic mass is 15.2. The maximum atomic E-state index is 5.32. The number of hydrogen-bond donors (Lipinski definition) is 0. The minimum atomic E-state index is 0. The van der Waals surface area contributed by atoms with E-state index in [2.05, 4.69) is 114 Å². The smallest absolute Gasteiger partial charge is 0.0214 e. The number of piperidine rings is 1. The quantitative estimate of drug-likeness (QED) is 0.247. The zero-order valence-electron chi connectivity index (χ0n) is 29.8. The predicted molar refractivity (Wildman–Crippen MR) is 189 cm³/mol. The number of benzene rings is 1. The van der Waals surface area contributed by atoms with Crippen molar-refractivity contribution in [3.63, 3.8) is 0 Å². The first-order valence-corrected chi connectivity index (χ1v) is 17.0.